The Labute approximate surface area is 135 Å². The van der Waals surface area contributed by atoms with E-state index in [-0.39, 0.29) is 6.04 Å². The highest BCUT2D eigenvalue weighted by molar-refractivity contribution is 7.89. The summed E-state index contributed by atoms with van der Waals surface area (Å²) in [5, 5.41) is 0. The average molecular weight is 327 g/mol. The van der Waals surface area contributed by atoms with Crippen molar-refractivity contribution in [1.82, 2.24) is 13.7 Å². The summed E-state index contributed by atoms with van der Waals surface area (Å²) in [5.74, 6) is 0. The van der Waals surface area contributed by atoms with E-state index in [9.17, 15) is 8.42 Å². The largest absolute Gasteiger partial charge is 0.303 e. The van der Waals surface area contributed by atoms with Gasteiger partial charge in [-0.25, -0.2) is 13.4 Å². The lowest BCUT2D eigenvalue weighted by molar-refractivity contribution is 0.393. The first-order valence-corrected chi connectivity index (χ1v) is 9.08. The molecule has 0 unspecified atom stereocenters. The molecule has 0 bridgehead atoms. The lowest BCUT2D eigenvalue weighted by Gasteiger charge is -2.21. The zero-order chi connectivity index (χ0) is 15.9. The average Bonchev–Trinajstić information content (AvgIpc) is 3.34. The molecule has 1 saturated carbocycles. The van der Waals surface area contributed by atoms with Crippen molar-refractivity contribution in [2.45, 2.75) is 30.3 Å². The van der Waals surface area contributed by atoms with E-state index >= 15 is 0 Å². The van der Waals surface area contributed by atoms with Crippen LogP contribution in [0.2, 0.25) is 0 Å². The number of sulfonamides is 1. The second-order valence-electron chi connectivity index (χ2n) is 5.77. The zero-order valence-electron chi connectivity index (χ0n) is 12.5. The summed E-state index contributed by atoms with van der Waals surface area (Å²) in [6.07, 6.45) is 5.51. The van der Waals surface area contributed by atoms with Crippen molar-refractivity contribution in [2.24, 2.45) is 0 Å². The predicted molar refractivity (Wildman–Crippen MR) is 87.4 cm³/mol. The van der Waals surface area contributed by atoms with Crippen LogP contribution in [0.5, 0.6) is 0 Å². The molecule has 5 nitrogen and oxygen atoms in total. The van der Waals surface area contributed by atoms with Gasteiger partial charge in [0.1, 0.15) is 5.65 Å². The smallest absolute Gasteiger partial charge is 0.243 e. The molecule has 118 valence electrons. The number of hydrogen-bond acceptors (Lipinski definition) is 3. The molecule has 23 heavy (non-hydrogen) atoms. The van der Waals surface area contributed by atoms with Crippen LogP contribution in [0, 0.1) is 0 Å². The Morgan fingerprint density at radius 2 is 1.83 bits per heavy atom. The molecule has 1 aliphatic rings. The molecule has 0 atom stereocenters. The Hall–Kier alpha value is -2.18. The molecule has 2 aromatic heterocycles. The van der Waals surface area contributed by atoms with Crippen molar-refractivity contribution in [1.29, 1.82) is 0 Å². The third-order valence-electron chi connectivity index (χ3n) is 4.12. The third-order valence-corrected chi connectivity index (χ3v) is 6.03. The summed E-state index contributed by atoms with van der Waals surface area (Å²) in [4.78, 5) is 4.70. The maximum atomic E-state index is 13.0. The summed E-state index contributed by atoms with van der Waals surface area (Å²) in [6.45, 7) is 0.340. The molecular formula is C17H17N3O2S. The van der Waals surface area contributed by atoms with E-state index in [1.807, 2.05) is 34.9 Å². The zero-order valence-corrected chi connectivity index (χ0v) is 13.4. The molecule has 0 radical (unpaired) electrons. The van der Waals surface area contributed by atoms with Crippen molar-refractivity contribution in [3.8, 4) is 0 Å². The Kier molecular flexibility index (Phi) is 3.43. The van der Waals surface area contributed by atoms with Crippen LogP contribution in [0.1, 0.15) is 18.5 Å². The molecule has 0 N–H and O–H groups in total. The number of pyridine rings is 1. The number of hydrogen-bond donors (Lipinski definition) is 0. The van der Waals surface area contributed by atoms with Gasteiger partial charge in [0.15, 0.2) is 0 Å². The predicted octanol–water partition coefficient (Wildman–Crippen LogP) is 2.69. The number of fused-ring (bicyclic) bond motifs is 1. The summed E-state index contributed by atoms with van der Waals surface area (Å²) in [7, 11) is -3.49. The van der Waals surface area contributed by atoms with E-state index in [0.717, 1.165) is 24.2 Å². The van der Waals surface area contributed by atoms with Crippen LogP contribution in [-0.2, 0) is 16.6 Å². The fourth-order valence-electron chi connectivity index (χ4n) is 2.76. The summed E-state index contributed by atoms with van der Waals surface area (Å²) >= 11 is 0. The standard InChI is InChI=1S/C17H17N3O2S/c21-23(22,16-6-2-1-3-7-16)20(14-9-10-14)13-15-12-18-17-8-4-5-11-19(15)17/h1-8,11-12,14H,9-10,13H2. The number of aromatic nitrogens is 2. The molecule has 0 saturated heterocycles. The van der Waals surface area contributed by atoms with Crippen molar-refractivity contribution >= 4 is 15.7 Å². The van der Waals surface area contributed by atoms with Gasteiger partial charge in [0.25, 0.3) is 0 Å². The van der Waals surface area contributed by atoms with Crippen LogP contribution >= 0.6 is 0 Å². The van der Waals surface area contributed by atoms with Gasteiger partial charge in [-0.15, -0.1) is 0 Å². The van der Waals surface area contributed by atoms with Crippen LogP contribution in [0.25, 0.3) is 5.65 Å². The Morgan fingerprint density at radius 3 is 2.57 bits per heavy atom. The highest BCUT2D eigenvalue weighted by Gasteiger charge is 2.38. The minimum Gasteiger partial charge on any atom is -0.303 e. The quantitative estimate of drug-likeness (QED) is 0.724. The summed E-state index contributed by atoms with van der Waals surface area (Å²) in [5.41, 5.74) is 1.71. The second-order valence-corrected chi connectivity index (χ2v) is 7.66. The molecule has 0 spiro atoms. The molecular weight excluding hydrogens is 310 g/mol. The highest BCUT2D eigenvalue weighted by Crippen LogP contribution is 2.33. The van der Waals surface area contributed by atoms with E-state index in [4.69, 9.17) is 0 Å². The Morgan fingerprint density at radius 1 is 1.09 bits per heavy atom. The lowest BCUT2D eigenvalue weighted by atomic mass is 10.4. The molecule has 1 fully saturated rings. The maximum Gasteiger partial charge on any atom is 0.243 e. The highest BCUT2D eigenvalue weighted by atomic mass is 32.2. The van der Waals surface area contributed by atoms with E-state index in [1.54, 1.807) is 34.8 Å². The van der Waals surface area contributed by atoms with Crippen LogP contribution in [0.3, 0.4) is 0 Å². The van der Waals surface area contributed by atoms with Gasteiger partial charge in [-0.05, 0) is 37.1 Å². The molecule has 4 rings (SSSR count). The van der Waals surface area contributed by atoms with E-state index in [1.165, 1.54) is 0 Å². The molecule has 0 amide bonds. The molecule has 1 aromatic carbocycles. The van der Waals surface area contributed by atoms with Crippen LogP contribution in [-0.4, -0.2) is 28.1 Å². The number of benzene rings is 1. The molecule has 3 aromatic rings. The van der Waals surface area contributed by atoms with Crippen molar-refractivity contribution in [2.75, 3.05) is 0 Å². The van der Waals surface area contributed by atoms with Gasteiger partial charge >= 0.3 is 0 Å². The summed E-state index contributed by atoms with van der Waals surface area (Å²) < 4.78 is 29.5. The fourth-order valence-corrected chi connectivity index (χ4v) is 4.44. The van der Waals surface area contributed by atoms with E-state index < -0.39 is 10.0 Å². The van der Waals surface area contributed by atoms with Gasteiger partial charge in [-0.3, -0.25) is 0 Å². The molecule has 0 aliphatic heterocycles. The van der Waals surface area contributed by atoms with Gasteiger partial charge < -0.3 is 4.40 Å². The SMILES string of the molecule is O=S(=O)(c1ccccc1)N(Cc1cnc2ccccn12)C1CC1. The first kappa shape index (κ1) is 14.4. The third kappa shape index (κ3) is 2.64. The molecule has 1 aliphatic carbocycles. The van der Waals surface area contributed by atoms with Gasteiger partial charge in [-0.1, -0.05) is 24.3 Å². The number of imidazole rings is 1. The van der Waals surface area contributed by atoms with Gasteiger partial charge in [0.2, 0.25) is 10.0 Å². The van der Waals surface area contributed by atoms with Gasteiger partial charge in [0, 0.05) is 12.2 Å². The topological polar surface area (TPSA) is 54.7 Å². The van der Waals surface area contributed by atoms with Crippen LogP contribution in [0.15, 0.2) is 65.8 Å². The van der Waals surface area contributed by atoms with Gasteiger partial charge in [0.05, 0.1) is 23.3 Å². The van der Waals surface area contributed by atoms with E-state index in [2.05, 4.69) is 4.98 Å². The number of nitrogens with zero attached hydrogens (tertiary/aromatic N) is 3. The first-order chi connectivity index (χ1) is 11.2. The van der Waals surface area contributed by atoms with Crippen LogP contribution in [0.4, 0.5) is 0 Å². The monoisotopic (exact) mass is 327 g/mol. The minimum absolute atomic E-state index is 0.0921. The first-order valence-electron chi connectivity index (χ1n) is 7.64. The van der Waals surface area contributed by atoms with E-state index in [0.29, 0.717) is 11.4 Å². The molecule has 2 heterocycles. The van der Waals surface area contributed by atoms with Crippen molar-refractivity contribution in [3.63, 3.8) is 0 Å². The molecule has 6 heteroatoms. The van der Waals surface area contributed by atoms with Crippen LogP contribution < -0.4 is 0 Å². The Bertz CT molecular complexity index is 931. The lowest BCUT2D eigenvalue weighted by Crippen LogP contribution is -2.33. The van der Waals surface area contributed by atoms with Crippen molar-refractivity contribution in [3.05, 3.63) is 66.6 Å². The number of rotatable bonds is 5. The minimum atomic E-state index is -3.49. The van der Waals surface area contributed by atoms with Crippen molar-refractivity contribution < 1.29 is 8.42 Å². The maximum absolute atomic E-state index is 13.0. The normalized spacial score (nSPS) is 15.3. The van der Waals surface area contributed by atoms with Gasteiger partial charge in [-0.2, -0.15) is 4.31 Å². The fraction of sp³-hybridized carbons (Fsp3) is 0.235. The second kappa shape index (κ2) is 5.47. The Balaban J connectivity index is 1.72. The summed E-state index contributed by atoms with van der Waals surface area (Å²) in [6, 6.07) is 14.5.